The molecule has 142 valence electrons. The molecule has 0 fully saturated rings. The SMILES string of the molecule is COc1cn(CC2C(F)=CC=CC2F)c(Nc2cccc(Cl)c2C)nc1=O. The Kier molecular flexibility index (Phi) is 5.60. The van der Waals surface area contributed by atoms with Crippen molar-refractivity contribution in [3.8, 4) is 5.75 Å². The van der Waals surface area contributed by atoms with Gasteiger partial charge in [0.1, 0.15) is 12.0 Å². The highest BCUT2D eigenvalue weighted by atomic mass is 35.5. The highest BCUT2D eigenvalue weighted by Crippen LogP contribution is 2.29. The number of halogens is 3. The average molecular weight is 394 g/mol. The summed E-state index contributed by atoms with van der Waals surface area (Å²) in [5.74, 6) is -1.48. The number of hydrogen-bond donors (Lipinski definition) is 1. The molecule has 0 saturated heterocycles. The zero-order chi connectivity index (χ0) is 19.6. The van der Waals surface area contributed by atoms with Crippen LogP contribution >= 0.6 is 11.6 Å². The monoisotopic (exact) mass is 393 g/mol. The topological polar surface area (TPSA) is 56.1 Å². The normalized spacial score (nSPS) is 18.9. The average Bonchev–Trinajstić information content (AvgIpc) is 2.63. The van der Waals surface area contributed by atoms with Crippen molar-refractivity contribution in [1.82, 2.24) is 9.55 Å². The Morgan fingerprint density at radius 3 is 2.89 bits per heavy atom. The van der Waals surface area contributed by atoms with Crippen molar-refractivity contribution >= 4 is 23.2 Å². The molecular formula is C19H18ClF2N3O2. The van der Waals surface area contributed by atoms with Crippen molar-refractivity contribution in [2.75, 3.05) is 12.4 Å². The lowest BCUT2D eigenvalue weighted by Crippen LogP contribution is -2.26. The van der Waals surface area contributed by atoms with E-state index in [0.717, 1.165) is 5.56 Å². The minimum absolute atomic E-state index is 0.0190. The van der Waals surface area contributed by atoms with Gasteiger partial charge >= 0.3 is 5.56 Å². The van der Waals surface area contributed by atoms with Gasteiger partial charge in [-0.15, -0.1) is 0 Å². The van der Waals surface area contributed by atoms with E-state index in [2.05, 4.69) is 10.3 Å². The van der Waals surface area contributed by atoms with Crippen molar-refractivity contribution < 1.29 is 13.5 Å². The van der Waals surface area contributed by atoms with Crippen LogP contribution in [0.4, 0.5) is 20.4 Å². The Morgan fingerprint density at radius 2 is 2.19 bits per heavy atom. The molecule has 5 nitrogen and oxygen atoms in total. The maximum absolute atomic E-state index is 14.2. The van der Waals surface area contributed by atoms with Gasteiger partial charge in [0.2, 0.25) is 11.7 Å². The second kappa shape index (κ2) is 7.92. The Bertz CT molecular complexity index is 972. The van der Waals surface area contributed by atoms with E-state index in [1.807, 2.05) is 6.92 Å². The number of aromatic nitrogens is 2. The number of rotatable bonds is 5. The summed E-state index contributed by atoms with van der Waals surface area (Å²) in [6.45, 7) is 1.74. The fourth-order valence-corrected chi connectivity index (χ4v) is 2.95. The lowest BCUT2D eigenvalue weighted by atomic mass is 9.97. The van der Waals surface area contributed by atoms with E-state index in [0.29, 0.717) is 10.7 Å². The first kappa shape index (κ1) is 19.1. The van der Waals surface area contributed by atoms with Gasteiger partial charge in [0.15, 0.2) is 0 Å². The summed E-state index contributed by atoms with van der Waals surface area (Å²) < 4.78 is 34.8. The molecule has 1 N–H and O–H groups in total. The van der Waals surface area contributed by atoms with Crippen LogP contribution in [0, 0.1) is 12.8 Å². The third-order valence-corrected chi connectivity index (χ3v) is 4.79. The molecule has 8 heteroatoms. The predicted octanol–water partition coefficient (Wildman–Crippen LogP) is 4.33. The van der Waals surface area contributed by atoms with Crippen LogP contribution in [-0.2, 0) is 6.54 Å². The maximum Gasteiger partial charge on any atom is 0.316 e. The fourth-order valence-electron chi connectivity index (χ4n) is 2.78. The van der Waals surface area contributed by atoms with Gasteiger partial charge in [-0.2, -0.15) is 4.98 Å². The number of alkyl halides is 1. The number of methoxy groups -OCH3 is 1. The minimum atomic E-state index is -1.49. The standard InChI is InChI=1S/C19H18ClF2N3O2/c1-11-13(20)5-3-8-16(11)23-19-24-18(26)17(27-2)10-25(19)9-12-14(21)6-4-7-15(12)22/h3-8,10,12,14H,9H2,1-2H3,(H,23,24,26). The van der Waals surface area contributed by atoms with E-state index >= 15 is 0 Å². The number of anilines is 2. The van der Waals surface area contributed by atoms with Crippen LogP contribution in [-0.4, -0.2) is 22.8 Å². The van der Waals surface area contributed by atoms with Crippen LogP contribution in [0.2, 0.25) is 5.02 Å². The third-order valence-electron chi connectivity index (χ3n) is 4.38. The molecule has 0 spiro atoms. The summed E-state index contributed by atoms with van der Waals surface area (Å²) in [6, 6.07) is 5.25. The lowest BCUT2D eigenvalue weighted by molar-refractivity contribution is 0.250. The Hall–Kier alpha value is -2.67. The van der Waals surface area contributed by atoms with Crippen LogP contribution in [0.1, 0.15) is 5.56 Å². The molecule has 0 saturated carbocycles. The molecule has 1 aliphatic carbocycles. The number of ether oxygens (including phenoxy) is 1. The van der Waals surface area contributed by atoms with Crippen molar-refractivity contribution in [3.05, 3.63) is 69.4 Å². The van der Waals surface area contributed by atoms with Gasteiger partial charge in [-0.25, -0.2) is 8.78 Å². The van der Waals surface area contributed by atoms with Gasteiger partial charge in [-0.05, 0) is 36.8 Å². The molecule has 1 aromatic heterocycles. The summed E-state index contributed by atoms with van der Waals surface area (Å²) >= 11 is 6.13. The smallest absolute Gasteiger partial charge is 0.316 e. The Labute approximate surface area is 159 Å². The second-order valence-corrected chi connectivity index (χ2v) is 6.52. The molecule has 27 heavy (non-hydrogen) atoms. The van der Waals surface area contributed by atoms with E-state index < -0.39 is 23.5 Å². The Morgan fingerprint density at radius 1 is 1.41 bits per heavy atom. The molecule has 1 heterocycles. The number of hydrogen-bond acceptors (Lipinski definition) is 4. The summed E-state index contributed by atoms with van der Waals surface area (Å²) in [6.07, 6.45) is 3.75. The van der Waals surface area contributed by atoms with Crippen molar-refractivity contribution in [2.24, 2.45) is 5.92 Å². The first-order valence-electron chi connectivity index (χ1n) is 8.26. The molecule has 0 bridgehead atoms. The first-order chi connectivity index (χ1) is 12.9. The largest absolute Gasteiger partial charge is 0.490 e. The van der Waals surface area contributed by atoms with Gasteiger partial charge in [0.25, 0.3) is 0 Å². The summed E-state index contributed by atoms with van der Waals surface area (Å²) in [5.41, 5.74) is 0.794. The van der Waals surface area contributed by atoms with Gasteiger partial charge in [0.05, 0.1) is 19.2 Å². The van der Waals surface area contributed by atoms with Gasteiger partial charge in [-0.1, -0.05) is 23.7 Å². The van der Waals surface area contributed by atoms with Gasteiger partial charge in [0, 0.05) is 17.3 Å². The van der Waals surface area contributed by atoms with E-state index in [1.165, 1.54) is 36.1 Å². The van der Waals surface area contributed by atoms with Crippen LogP contribution < -0.4 is 15.6 Å². The van der Waals surface area contributed by atoms with E-state index in [1.54, 1.807) is 18.2 Å². The zero-order valence-corrected chi connectivity index (χ0v) is 15.5. The number of nitrogens with zero attached hydrogens (tertiary/aromatic N) is 2. The van der Waals surface area contributed by atoms with E-state index in [4.69, 9.17) is 16.3 Å². The van der Waals surface area contributed by atoms with E-state index in [9.17, 15) is 13.6 Å². The molecule has 0 amide bonds. The molecule has 0 aliphatic heterocycles. The van der Waals surface area contributed by atoms with Crippen molar-refractivity contribution in [1.29, 1.82) is 0 Å². The highest BCUT2D eigenvalue weighted by molar-refractivity contribution is 6.31. The number of benzene rings is 1. The minimum Gasteiger partial charge on any atom is -0.490 e. The van der Waals surface area contributed by atoms with Crippen LogP contribution in [0.25, 0.3) is 0 Å². The van der Waals surface area contributed by atoms with Gasteiger partial charge < -0.3 is 14.6 Å². The third kappa shape index (κ3) is 4.03. The lowest BCUT2D eigenvalue weighted by Gasteiger charge is -2.23. The quantitative estimate of drug-likeness (QED) is 0.821. The molecule has 1 aliphatic rings. The molecular weight excluding hydrogens is 376 g/mol. The molecule has 0 radical (unpaired) electrons. The molecule has 2 atom stereocenters. The van der Waals surface area contributed by atoms with Crippen LogP contribution in [0.5, 0.6) is 5.75 Å². The van der Waals surface area contributed by atoms with Crippen LogP contribution in [0.15, 0.2) is 53.2 Å². The second-order valence-electron chi connectivity index (χ2n) is 6.12. The van der Waals surface area contributed by atoms with Crippen molar-refractivity contribution in [3.63, 3.8) is 0 Å². The van der Waals surface area contributed by atoms with Gasteiger partial charge in [-0.3, -0.25) is 4.79 Å². The summed E-state index contributed by atoms with van der Waals surface area (Å²) in [7, 11) is 1.33. The maximum atomic E-state index is 14.2. The molecule has 2 unspecified atom stereocenters. The number of nitrogens with one attached hydrogen (secondary N) is 1. The first-order valence-corrected chi connectivity index (χ1v) is 8.64. The predicted molar refractivity (Wildman–Crippen MR) is 101 cm³/mol. The fraction of sp³-hybridized carbons (Fsp3) is 0.263. The molecule has 1 aromatic carbocycles. The highest BCUT2D eigenvalue weighted by Gasteiger charge is 2.27. The summed E-state index contributed by atoms with van der Waals surface area (Å²) in [5, 5.41) is 3.56. The summed E-state index contributed by atoms with van der Waals surface area (Å²) in [4.78, 5) is 16.1. The molecule has 3 rings (SSSR count). The van der Waals surface area contributed by atoms with E-state index in [-0.39, 0.29) is 18.2 Å². The zero-order valence-electron chi connectivity index (χ0n) is 14.7. The number of allylic oxidation sites excluding steroid dienone is 4. The Balaban J connectivity index is 2.01. The van der Waals surface area contributed by atoms with Crippen molar-refractivity contribution in [2.45, 2.75) is 19.6 Å². The van der Waals surface area contributed by atoms with Crippen LogP contribution in [0.3, 0.4) is 0 Å². The molecule has 2 aromatic rings.